The Bertz CT molecular complexity index is 1040. The van der Waals surface area contributed by atoms with Crippen LogP contribution in [0.1, 0.15) is 151 Å². The zero-order chi connectivity index (χ0) is 28.8. The minimum atomic E-state index is -0.0316. The summed E-state index contributed by atoms with van der Waals surface area (Å²) in [6, 6.07) is 15.2. The average Bonchev–Trinajstić information content (AvgIpc) is 3.00. The molecule has 2 aromatic carbocycles. The van der Waals surface area contributed by atoms with Gasteiger partial charge in [-0.05, 0) is 161 Å². The fourth-order valence-corrected chi connectivity index (χ4v) is 9.06. The summed E-state index contributed by atoms with van der Waals surface area (Å²) in [5, 5.41) is 0. The maximum Gasteiger partial charge on any atom is 0.126 e. The molecule has 0 bridgehead atoms. The molecule has 41 heavy (non-hydrogen) atoms. The quantitative estimate of drug-likeness (QED) is 0.350. The lowest BCUT2D eigenvalue weighted by Crippen LogP contribution is -2.24. The van der Waals surface area contributed by atoms with Crippen LogP contribution in [0, 0.1) is 55.2 Å². The van der Waals surface area contributed by atoms with Crippen LogP contribution in [-0.2, 0) is 0 Å². The highest BCUT2D eigenvalue weighted by atomic mass is 19.1. The highest BCUT2D eigenvalue weighted by Crippen LogP contribution is 2.45. The summed E-state index contributed by atoms with van der Waals surface area (Å²) in [6.45, 7) is 8.87. The Morgan fingerprint density at radius 3 is 1.24 bits per heavy atom. The second-order valence-corrected chi connectivity index (χ2v) is 15.2. The first kappa shape index (κ1) is 30.8. The van der Waals surface area contributed by atoms with Gasteiger partial charge in [-0.2, -0.15) is 0 Å². The largest absolute Gasteiger partial charge is 0.207 e. The van der Waals surface area contributed by atoms with Gasteiger partial charge in [0.1, 0.15) is 5.82 Å². The summed E-state index contributed by atoms with van der Waals surface area (Å²) in [6.07, 6.45) is 22.9. The number of rotatable bonds is 4. The third kappa shape index (κ3) is 8.48. The van der Waals surface area contributed by atoms with Crippen molar-refractivity contribution in [1.82, 2.24) is 0 Å². The van der Waals surface area contributed by atoms with Crippen molar-refractivity contribution >= 4 is 0 Å². The first-order valence-electron chi connectivity index (χ1n) is 17.7. The standard InChI is InChI=1S/C20H29F.C20H30/c1-14-3-6-16(7-4-14)17-9-11-18(12-10-17)19-8-5-15(2)20(21)13-19;1-15-3-7-17(8-4-15)19-11-13-20(14-12-19)18-9-5-16(2)6-10-18/h5,8,13-14,16-18H,3-4,6-7,9-12H2,1-2H3;3-4,7-8,16,18-20H,5-6,9-14H2,1-2H3. The van der Waals surface area contributed by atoms with Gasteiger partial charge in [0, 0.05) is 0 Å². The van der Waals surface area contributed by atoms with Crippen molar-refractivity contribution in [3.63, 3.8) is 0 Å². The molecule has 0 aromatic heterocycles. The Labute approximate surface area is 252 Å². The predicted molar refractivity (Wildman–Crippen MR) is 174 cm³/mol. The van der Waals surface area contributed by atoms with E-state index < -0.39 is 0 Å². The molecule has 0 radical (unpaired) electrons. The molecule has 2 aromatic rings. The van der Waals surface area contributed by atoms with Gasteiger partial charge in [-0.3, -0.25) is 0 Å². The summed E-state index contributed by atoms with van der Waals surface area (Å²) < 4.78 is 13.7. The number of hydrogen-bond acceptors (Lipinski definition) is 0. The van der Waals surface area contributed by atoms with E-state index in [1.807, 2.05) is 13.0 Å². The van der Waals surface area contributed by atoms with Crippen molar-refractivity contribution in [3.05, 3.63) is 70.5 Å². The van der Waals surface area contributed by atoms with E-state index in [0.717, 1.165) is 47.0 Å². The van der Waals surface area contributed by atoms with Gasteiger partial charge < -0.3 is 0 Å². The van der Waals surface area contributed by atoms with Gasteiger partial charge in [0.2, 0.25) is 0 Å². The SMILES string of the molecule is Cc1ccc(C2CCC(C3CCC(C)CC3)CC2)cc1.Cc1ccc(C2CCC(C3CCC(C)CC3)CC2)cc1F. The van der Waals surface area contributed by atoms with Crippen molar-refractivity contribution in [2.75, 3.05) is 0 Å². The van der Waals surface area contributed by atoms with Gasteiger partial charge in [-0.25, -0.2) is 4.39 Å². The van der Waals surface area contributed by atoms with E-state index in [1.165, 1.54) is 114 Å². The number of aryl methyl sites for hydroxylation is 2. The van der Waals surface area contributed by atoms with Crippen LogP contribution in [0.15, 0.2) is 42.5 Å². The fourth-order valence-electron chi connectivity index (χ4n) is 9.06. The summed E-state index contributed by atoms with van der Waals surface area (Å²) in [7, 11) is 0. The van der Waals surface area contributed by atoms with E-state index in [1.54, 1.807) is 11.6 Å². The van der Waals surface area contributed by atoms with Crippen LogP contribution >= 0.6 is 0 Å². The van der Waals surface area contributed by atoms with Crippen LogP contribution in [0.25, 0.3) is 0 Å². The number of benzene rings is 2. The van der Waals surface area contributed by atoms with Crippen molar-refractivity contribution in [1.29, 1.82) is 0 Å². The molecule has 0 spiro atoms. The lowest BCUT2D eigenvalue weighted by Gasteiger charge is -2.37. The minimum absolute atomic E-state index is 0.0316. The molecule has 0 amide bonds. The van der Waals surface area contributed by atoms with Gasteiger partial charge in [-0.15, -0.1) is 0 Å². The summed E-state index contributed by atoms with van der Waals surface area (Å²) in [4.78, 5) is 0. The number of hydrogen-bond donors (Lipinski definition) is 0. The van der Waals surface area contributed by atoms with Crippen LogP contribution in [0.2, 0.25) is 0 Å². The molecule has 0 atom stereocenters. The number of halogens is 1. The molecule has 0 aliphatic heterocycles. The van der Waals surface area contributed by atoms with Crippen LogP contribution in [0.4, 0.5) is 4.39 Å². The Morgan fingerprint density at radius 1 is 0.463 bits per heavy atom. The van der Waals surface area contributed by atoms with Gasteiger partial charge in [0.25, 0.3) is 0 Å². The van der Waals surface area contributed by atoms with Crippen LogP contribution in [0.5, 0.6) is 0 Å². The molecule has 0 N–H and O–H groups in total. The van der Waals surface area contributed by atoms with Gasteiger partial charge in [-0.1, -0.05) is 81.5 Å². The molecule has 4 fully saturated rings. The normalized spacial score (nSPS) is 34.4. The minimum Gasteiger partial charge on any atom is -0.207 e. The molecule has 4 aliphatic rings. The van der Waals surface area contributed by atoms with E-state index in [4.69, 9.17) is 0 Å². The van der Waals surface area contributed by atoms with Gasteiger partial charge in [0.05, 0.1) is 0 Å². The van der Waals surface area contributed by atoms with Crippen molar-refractivity contribution in [2.24, 2.45) is 35.5 Å². The molecule has 0 nitrogen and oxygen atoms in total. The van der Waals surface area contributed by atoms with E-state index in [9.17, 15) is 4.39 Å². The third-order valence-electron chi connectivity index (χ3n) is 12.2. The lowest BCUT2D eigenvalue weighted by molar-refractivity contribution is 0.165. The topological polar surface area (TPSA) is 0 Å². The molecule has 0 unspecified atom stereocenters. The first-order valence-corrected chi connectivity index (χ1v) is 17.7. The average molecular weight is 559 g/mol. The molecule has 6 rings (SSSR count). The Morgan fingerprint density at radius 2 is 0.829 bits per heavy atom. The summed E-state index contributed by atoms with van der Waals surface area (Å²) in [5.74, 6) is 7.39. The highest BCUT2D eigenvalue weighted by molar-refractivity contribution is 5.27. The van der Waals surface area contributed by atoms with Crippen molar-refractivity contribution < 1.29 is 4.39 Å². The smallest absolute Gasteiger partial charge is 0.126 e. The zero-order valence-corrected chi connectivity index (χ0v) is 26.9. The van der Waals surface area contributed by atoms with Crippen LogP contribution in [0.3, 0.4) is 0 Å². The third-order valence-corrected chi connectivity index (χ3v) is 12.2. The molecule has 0 heterocycles. The Kier molecular flexibility index (Phi) is 11.1. The molecule has 0 saturated heterocycles. The lowest BCUT2D eigenvalue weighted by atomic mass is 9.68. The summed E-state index contributed by atoms with van der Waals surface area (Å²) >= 11 is 0. The second kappa shape index (κ2) is 14.7. The van der Waals surface area contributed by atoms with Crippen LogP contribution in [-0.4, -0.2) is 0 Å². The zero-order valence-electron chi connectivity index (χ0n) is 26.9. The maximum absolute atomic E-state index is 13.7. The molecular formula is C40H59F. The summed E-state index contributed by atoms with van der Waals surface area (Å²) in [5.41, 5.74) is 4.97. The van der Waals surface area contributed by atoms with Gasteiger partial charge in [0.15, 0.2) is 0 Å². The van der Waals surface area contributed by atoms with E-state index in [2.05, 4.69) is 51.1 Å². The van der Waals surface area contributed by atoms with Crippen molar-refractivity contribution in [2.45, 2.75) is 142 Å². The first-order chi connectivity index (χ1) is 19.9. The molecular weight excluding hydrogens is 499 g/mol. The van der Waals surface area contributed by atoms with E-state index in [-0.39, 0.29) is 5.82 Å². The second-order valence-electron chi connectivity index (χ2n) is 15.2. The van der Waals surface area contributed by atoms with Gasteiger partial charge >= 0.3 is 0 Å². The maximum atomic E-state index is 13.7. The van der Waals surface area contributed by atoms with E-state index >= 15 is 0 Å². The monoisotopic (exact) mass is 558 g/mol. The Hall–Kier alpha value is -1.63. The molecule has 4 aliphatic carbocycles. The predicted octanol–water partition coefficient (Wildman–Crippen LogP) is 12.3. The molecule has 1 heteroatoms. The highest BCUT2D eigenvalue weighted by Gasteiger charge is 2.31. The van der Waals surface area contributed by atoms with E-state index in [0.29, 0.717) is 5.92 Å². The van der Waals surface area contributed by atoms with Crippen molar-refractivity contribution in [3.8, 4) is 0 Å². The molecule has 4 saturated carbocycles. The fraction of sp³-hybridized carbons (Fsp3) is 0.700. The molecule has 226 valence electrons. The van der Waals surface area contributed by atoms with Crippen LogP contribution < -0.4 is 0 Å². The Balaban J connectivity index is 0.000000165.